The van der Waals surface area contributed by atoms with Crippen molar-refractivity contribution in [3.05, 3.63) is 104 Å². The van der Waals surface area contributed by atoms with Gasteiger partial charge < -0.3 is 0 Å². The lowest BCUT2D eigenvalue weighted by atomic mass is 10.0. The van der Waals surface area contributed by atoms with Crippen molar-refractivity contribution in [2.45, 2.75) is 59.8 Å². The Labute approximate surface area is 180 Å². The number of allylic oxidation sites excluding steroid dienone is 5. The lowest BCUT2D eigenvalue weighted by Crippen LogP contribution is -2.16. The molecule has 2 aromatic carbocycles. The van der Waals surface area contributed by atoms with Crippen LogP contribution in [0.5, 0.6) is 0 Å². The molecule has 0 bridgehead atoms. The van der Waals surface area contributed by atoms with Crippen LogP contribution in [-0.2, 0) is 0 Å². The molecular formula is C28H34N2. The summed E-state index contributed by atoms with van der Waals surface area (Å²) in [5.74, 6) is 0. The van der Waals surface area contributed by atoms with Gasteiger partial charge in [-0.25, -0.2) is 0 Å². The van der Waals surface area contributed by atoms with Crippen LogP contribution >= 0.6 is 0 Å². The Morgan fingerprint density at radius 3 is 2.07 bits per heavy atom. The minimum Gasteiger partial charge on any atom is -0.281 e. The molecular weight excluding hydrogens is 364 g/mol. The number of rotatable bonds is 8. The van der Waals surface area contributed by atoms with Crippen molar-refractivity contribution in [1.29, 1.82) is 0 Å². The van der Waals surface area contributed by atoms with E-state index in [-0.39, 0.29) is 0 Å². The standard InChI is InChI=1S/C28H34N2/c1-21(2)11-9-12-22(3)13-10-14-23(4)19-20-28-26-16-6-5-15-24(26)25-17-7-8-18-27(25)29-30-28/h5-8,11,13,15-19,30H,9-10,12,14,20H2,1-4H3. The first-order chi connectivity index (χ1) is 14.5. The first kappa shape index (κ1) is 21.8. The number of para-hydroxylation sites is 1. The molecule has 0 unspecified atom stereocenters. The van der Waals surface area contributed by atoms with Crippen LogP contribution < -0.4 is 16.0 Å². The van der Waals surface area contributed by atoms with Gasteiger partial charge in [0, 0.05) is 22.6 Å². The van der Waals surface area contributed by atoms with E-state index in [2.05, 4.69) is 98.9 Å². The molecule has 0 atom stereocenters. The predicted octanol–water partition coefficient (Wildman–Crippen LogP) is 6.03. The third-order valence-electron chi connectivity index (χ3n) is 5.54. The molecule has 0 fully saturated rings. The average Bonchev–Trinajstić information content (AvgIpc) is 2.89. The summed E-state index contributed by atoms with van der Waals surface area (Å²) in [5.41, 5.74) is 8.82. The second-order valence-corrected chi connectivity index (χ2v) is 8.43. The van der Waals surface area contributed by atoms with Gasteiger partial charge in [0.2, 0.25) is 0 Å². The minimum absolute atomic E-state index is 0.865. The van der Waals surface area contributed by atoms with E-state index >= 15 is 0 Å². The van der Waals surface area contributed by atoms with Crippen LogP contribution in [0.4, 0.5) is 0 Å². The van der Waals surface area contributed by atoms with Gasteiger partial charge in [0.1, 0.15) is 0 Å². The molecule has 1 aliphatic heterocycles. The summed E-state index contributed by atoms with van der Waals surface area (Å²) < 4.78 is 0. The van der Waals surface area contributed by atoms with E-state index in [4.69, 9.17) is 0 Å². The van der Waals surface area contributed by atoms with Gasteiger partial charge >= 0.3 is 0 Å². The van der Waals surface area contributed by atoms with Crippen LogP contribution in [0.15, 0.2) is 88.6 Å². The fourth-order valence-corrected chi connectivity index (χ4v) is 3.74. The zero-order valence-electron chi connectivity index (χ0n) is 18.8. The van der Waals surface area contributed by atoms with Crippen molar-refractivity contribution in [2.75, 3.05) is 0 Å². The Kier molecular flexibility index (Phi) is 7.84. The van der Waals surface area contributed by atoms with E-state index in [9.17, 15) is 0 Å². The maximum atomic E-state index is 4.66. The summed E-state index contributed by atoms with van der Waals surface area (Å²) in [5, 5.41) is 9.33. The highest BCUT2D eigenvalue weighted by atomic mass is 15.3. The van der Waals surface area contributed by atoms with Crippen LogP contribution in [0.1, 0.15) is 59.8 Å². The third-order valence-corrected chi connectivity index (χ3v) is 5.54. The lowest BCUT2D eigenvalue weighted by Gasteiger charge is -2.05. The molecule has 2 aromatic rings. The van der Waals surface area contributed by atoms with E-state index in [1.807, 2.05) is 6.07 Å². The molecule has 2 heteroatoms. The van der Waals surface area contributed by atoms with Crippen molar-refractivity contribution in [2.24, 2.45) is 5.10 Å². The average molecular weight is 399 g/mol. The summed E-state index contributed by atoms with van der Waals surface area (Å²) >= 11 is 0. The SMILES string of the molecule is CC(C)=CCCC(C)=CCCC(C)=CCC1=c2ccccc2=c2ccccc2=NN1. The maximum Gasteiger partial charge on any atom is 0.0911 e. The number of hydrogen-bond donors (Lipinski definition) is 1. The molecule has 1 N–H and O–H groups in total. The predicted molar refractivity (Wildman–Crippen MR) is 128 cm³/mol. The molecule has 2 nitrogen and oxygen atoms in total. The van der Waals surface area contributed by atoms with Gasteiger partial charge in [-0.3, -0.25) is 5.43 Å². The zero-order valence-corrected chi connectivity index (χ0v) is 18.8. The van der Waals surface area contributed by atoms with E-state index < -0.39 is 0 Å². The Hall–Kier alpha value is -2.87. The van der Waals surface area contributed by atoms with E-state index in [0.29, 0.717) is 0 Å². The molecule has 0 saturated heterocycles. The first-order valence-electron chi connectivity index (χ1n) is 11.0. The number of nitrogens with zero attached hydrogens (tertiary/aromatic N) is 1. The number of fused-ring (bicyclic) bond motifs is 2. The van der Waals surface area contributed by atoms with E-state index in [1.165, 1.54) is 32.4 Å². The van der Waals surface area contributed by atoms with Gasteiger partial charge in [-0.1, -0.05) is 77.4 Å². The fourth-order valence-electron chi connectivity index (χ4n) is 3.74. The molecule has 0 spiro atoms. The van der Waals surface area contributed by atoms with Gasteiger partial charge in [-0.2, -0.15) is 5.10 Å². The molecule has 156 valence electrons. The highest BCUT2D eigenvalue weighted by Crippen LogP contribution is 2.13. The zero-order chi connectivity index (χ0) is 21.3. The first-order valence-corrected chi connectivity index (χ1v) is 11.0. The van der Waals surface area contributed by atoms with Gasteiger partial charge in [-0.15, -0.1) is 0 Å². The molecule has 0 radical (unpaired) electrons. The Morgan fingerprint density at radius 2 is 1.33 bits per heavy atom. The smallest absolute Gasteiger partial charge is 0.0911 e. The van der Waals surface area contributed by atoms with E-state index in [1.54, 1.807) is 0 Å². The number of hydrogen-bond acceptors (Lipinski definition) is 2. The van der Waals surface area contributed by atoms with Gasteiger partial charge in [0.15, 0.2) is 0 Å². The highest BCUT2D eigenvalue weighted by Gasteiger charge is 2.03. The molecule has 0 amide bonds. The second kappa shape index (κ2) is 10.8. The van der Waals surface area contributed by atoms with Crippen molar-refractivity contribution in [3.8, 4) is 0 Å². The second-order valence-electron chi connectivity index (χ2n) is 8.43. The van der Waals surface area contributed by atoms with Gasteiger partial charge in [0.05, 0.1) is 5.36 Å². The molecule has 0 aromatic heterocycles. The summed E-state index contributed by atoms with van der Waals surface area (Å²) in [6.45, 7) is 8.82. The molecule has 0 aliphatic carbocycles. The van der Waals surface area contributed by atoms with E-state index in [0.717, 1.165) is 43.2 Å². The van der Waals surface area contributed by atoms with Crippen LogP contribution in [0.2, 0.25) is 0 Å². The largest absolute Gasteiger partial charge is 0.281 e. The van der Waals surface area contributed by atoms with Crippen molar-refractivity contribution in [3.63, 3.8) is 0 Å². The Bertz CT molecular complexity index is 1180. The summed E-state index contributed by atoms with van der Waals surface area (Å²) in [7, 11) is 0. The molecule has 30 heavy (non-hydrogen) atoms. The van der Waals surface area contributed by atoms with Gasteiger partial charge in [0.25, 0.3) is 0 Å². The fraction of sp³-hybridized carbons (Fsp3) is 0.321. The monoisotopic (exact) mass is 398 g/mol. The summed E-state index contributed by atoms with van der Waals surface area (Å²) in [6, 6.07) is 16.9. The van der Waals surface area contributed by atoms with Crippen LogP contribution in [0.3, 0.4) is 0 Å². The van der Waals surface area contributed by atoms with Crippen LogP contribution in [0, 0.1) is 10.4 Å². The third kappa shape index (κ3) is 6.06. The van der Waals surface area contributed by atoms with Crippen LogP contribution in [0.25, 0.3) is 5.70 Å². The molecule has 3 rings (SSSR count). The van der Waals surface area contributed by atoms with Crippen molar-refractivity contribution in [1.82, 2.24) is 5.43 Å². The molecule has 1 heterocycles. The quantitative estimate of drug-likeness (QED) is 0.540. The number of nitrogens with one attached hydrogen (secondary N) is 1. The van der Waals surface area contributed by atoms with Gasteiger partial charge in [-0.05, 0) is 64.7 Å². The maximum absolute atomic E-state index is 4.66. The number of benzene rings is 2. The molecule has 0 saturated carbocycles. The summed E-state index contributed by atoms with van der Waals surface area (Å²) in [4.78, 5) is 0. The van der Waals surface area contributed by atoms with Crippen molar-refractivity contribution >= 4 is 5.70 Å². The molecule has 1 aliphatic rings. The normalized spacial score (nSPS) is 13.5. The highest BCUT2D eigenvalue weighted by molar-refractivity contribution is 5.46. The topological polar surface area (TPSA) is 24.4 Å². The lowest BCUT2D eigenvalue weighted by molar-refractivity contribution is 0.893. The minimum atomic E-state index is 0.865. The Balaban J connectivity index is 1.72. The Morgan fingerprint density at radius 1 is 0.733 bits per heavy atom. The van der Waals surface area contributed by atoms with Crippen molar-refractivity contribution < 1.29 is 0 Å². The summed E-state index contributed by atoms with van der Waals surface area (Å²) in [6.07, 6.45) is 12.4. The van der Waals surface area contributed by atoms with Crippen LogP contribution in [-0.4, -0.2) is 0 Å².